The van der Waals surface area contributed by atoms with Gasteiger partial charge in [0.15, 0.2) is 0 Å². The summed E-state index contributed by atoms with van der Waals surface area (Å²) in [7, 11) is 0. The van der Waals surface area contributed by atoms with Crippen molar-refractivity contribution < 1.29 is 4.74 Å². The number of hydrogen-bond donors (Lipinski definition) is 1. The smallest absolute Gasteiger partial charge is 0.125 e. The minimum Gasteiger partial charge on any atom is -0.493 e. The van der Waals surface area contributed by atoms with E-state index in [1.807, 2.05) is 43.3 Å². The number of rotatable bonds is 3. The monoisotopic (exact) mass is 321 g/mol. The van der Waals surface area contributed by atoms with Crippen LogP contribution in [0, 0.1) is 0 Å². The minimum atomic E-state index is -0.505. The van der Waals surface area contributed by atoms with Gasteiger partial charge in [-0.1, -0.05) is 35.3 Å². The van der Waals surface area contributed by atoms with Gasteiger partial charge in [0.25, 0.3) is 0 Å². The lowest BCUT2D eigenvalue weighted by Gasteiger charge is -2.26. The number of halogens is 2. The Bertz CT molecular complexity index is 665. The fourth-order valence-electron chi connectivity index (χ4n) is 2.81. The standard InChI is InChI=1S/C17H17Cl2NO/c1-17(20,13-2-4-14(18)5-3-13)10-12-9-15(19)8-11-6-7-21-16(11)12/h2-5,8-9H,6-7,10,20H2,1H3. The van der Waals surface area contributed by atoms with Gasteiger partial charge in [-0.15, -0.1) is 0 Å². The van der Waals surface area contributed by atoms with E-state index in [1.165, 1.54) is 5.56 Å². The predicted molar refractivity (Wildman–Crippen MR) is 87.3 cm³/mol. The normalized spacial score (nSPS) is 16.2. The van der Waals surface area contributed by atoms with Crippen molar-refractivity contribution in [3.8, 4) is 5.75 Å². The molecule has 2 aromatic carbocycles. The van der Waals surface area contributed by atoms with Crippen LogP contribution >= 0.6 is 23.2 Å². The van der Waals surface area contributed by atoms with Crippen molar-refractivity contribution >= 4 is 23.2 Å². The fraction of sp³-hybridized carbons (Fsp3) is 0.294. The van der Waals surface area contributed by atoms with E-state index in [-0.39, 0.29) is 0 Å². The van der Waals surface area contributed by atoms with Crippen LogP contribution < -0.4 is 10.5 Å². The summed E-state index contributed by atoms with van der Waals surface area (Å²) in [5.74, 6) is 0.949. The van der Waals surface area contributed by atoms with Crippen molar-refractivity contribution in [3.63, 3.8) is 0 Å². The van der Waals surface area contributed by atoms with Gasteiger partial charge in [-0.05, 0) is 54.3 Å². The van der Waals surface area contributed by atoms with Crippen LogP contribution in [-0.4, -0.2) is 6.61 Å². The summed E-state index contributed by atoms with van der Waals surface area (Å²) in [6.45, 7) is 2.73. The van der Waals surface area contributed by atoms with Crippen LogP contribution in [0.15, 0.2) is 36.4 Å². The van der Waals surface area contributed by atoms with Gasteiger partial charge < -0.3 is 10.5 Å². The number of fused-ring (bicyclic) bond motifs is 1. The Labute approximate surface area is 134 Å². The maximum absolute atomic E-state index is 6.52. The zero-order chi connectivity index (χ0) is 15.0. The molecule has 3 rings (SSSR count). The maximum atomic E-state index is 6.52. The van der Waals surface area contributed by atoms with E-state index >= 15 is 0 Å². The molecule has 0 fully saturated rings. The summed E-state index contributed by atoms with van der Waals surface area (Å²) in [5, 5.41) is 1.45. The molecular formula is C17H17Cl2NO. The largest absolute Gasteiger partial charge is 0.493 e. The predicted octanol–water partition coefficient (Wildman–Crippen LogP) is 4.34. The minimum absolute atomic E-state index is 0.505. The Morgan fingerprint density at radius 3 is 2.57 bits per heavy atom. The third kappa shape index (κ3) is 3.03. The Hall–Kier alpha value is -1.22. The van der Waals surface area contributed by atoms with Crippen molar-refractivity contribution in [2.24, 2.45) is 5.73 Å². The van der Waals surface area contributed by atoms with E-state index in [2.05, 4.69) is 0 Å². The van der Waals surface area contributed by atoms with Crippen LogP contribution in [0.2, 0.25) is 10.0 Å². The average molecular weight is 322 g/mol. The van der Waals surface area contributed by atoms with Crippen LogP contribution in [0.5, 0.6) is 5.75 Å². The Balaban J connectivity index is 1.94. The molecule has 21 heavy (non-hydrogen) atoms. The zero-order valence-electron chi connectivity index (χ0n) is 11.8. The fourth-order valence-corrected chi connectivity index (χ4v) is 3.20. The molecule has 1 unspecified atom stereocenters. The van der Waals surface area contributed by atoms with Gasteiger partial charge in [0.05, 0.1) is 6.61 Å². The SMILES string of the molecule is CC(N)(Cc1cc(Cl)cc2c1OCC2)c1ccc(Cl)cc1. The molecule has 0 amide bonds. The molecule has 0 saturated carbocycles. The summed E-state index contributed by atoms with van der Waals surface area (Å²) >= 11 is 12.2. The molecular weight excluding hydrogens is 305 g/mol. The zero-order valence-corrected chi connectivity index (χ0v) is 13.3. The quantitative estimate of drug-likeness (QED) is 0.912. The highest BCUT2D eigenvalue weighted by atomic mass is 35.5. The topological polar surface area (TPSA) is 35.2 Å². The second-order valence-electron chi connectivity index (χ2n) is 5.75. The summed E-state index contributed by atoms with van der Waals surface area (Å²) < 4.78 is 5.75. The van der Waals surface area contributed by atoms with E-state index in [1.54, 1.807) is 0 Å². The third-order valence-electron chi connectivity index (χ3n) is 3.89. The van der Waals surface area contributed by atoms with Crippen LogP contribution in [0.3, 0.4) is 0 Å². The molecule has 0 aliphatic carbocycles. The van der Waals surface area contributed by atoms with Crippen molar-refractivity contribution in [1.29, 1.82) is 0 Å². The lowest BCUT2D eigenvalue weighted by molar-refractivity contribution is 0.349. The molecule has 2 aromatic rings. The lowest BCUT2D eigenvalue weighted by Crippen LogP contribution is -2.35. The molecule has 2 N–H and O–H groups in total. The molecule has 0 spiro atoms. The maximum Gasteiger partial charge on any atom is 0.125 e. The summed E-state index contributed by atoms with van der Waals surface area (Å²) in [5.41, 5.74) is 9.29. The van der Waals surface area contributed by atoms with Crippen LogP contribution in [0.4, 0.5) is 0 Å². The molecule has 1 atom stereocenters. The summed E-state index contributed by atoms with van der Waals surface area (Å²) in [6, 6.07) is 11.6. The first-order valence-corrected chi connectivity index (χ1v) is 7.70. The molecule has 2 nitrogen and oxygen atoms in total. The number of benzene rings is 2. The molecule has 1 aliphatic heterocycles. The molecule has 4 heteroatoms. The van der Waals surface area contributed by atoms with Crippen molar-refractivity contribution in [2.75, 3.05) is 6.61 Å². The van der Waals surface area contributed by atoms with Crippen LogP contribution in [0.25, 0.3) is 0 Å². The highest BCUT2D eigenvalue weighted by molar-refractivity contribution is 6.31. The Kier molecular flexibility index (Phi) is 3.87. The van der Waals surface area contributed by atoms with Gasteiger partial charge in [0, 0.05) is 22.0 Å². The van der Waals surface area contributed by atoms with E-state index in [0.717, 1.165) is 28.3 Å². The van der Waals surface area contributed by atoms with Gasteiger partial charge in [-0.3, -0.25) is 0 Å². The molecule has 0 aromatic heterocycles. The van der Waals surface area contributed by atoms with Crippen molar-refractivity contribution in [2.45, 2.75) is 25.3 Å². The van der Waals surface area contributed by atoms with Crippen LogP contribution in [-0.2, 0) is 18.4 Å². The van der Waals surface area contributed by atoms with E-state index in [4.69, 9.17) is 33.7 Å². The van der Waals surface area contributed by atoms with Gasteiger partial charge >= 0.3 is 0 Å². The van der Waals surface area contributed by atoms with Gasteiger partial charge in [0.1, 0.15) is 5.75 Å². The van der Waals surface area contributed by atoms with E-state index < -0.39 is 5.54 Å². The highest BCUT2D eigenvalue weighted by Crippen LogP contribution is 2.36. The highest BCUT2D eigenvalue weighted by Gasteiger charge is 2.26. The van der Waals surface area contributed by atoms with Gasteiger partial charge in [0.2, 0.25) is 0 Å². The molecule has 0 radical (unpaired) electrons. The lowest BCUT2D eigenvalue weighted by atomic mass is 9.86. The van der Waals surface area contributed by atoms with Crippen molar-refractivity contribution in [1.82, 2.24) is 0 Å². The second kappa shape index (κ2) is 5.53. The number of hydrogen-bond acceptors (Lipinski definition) is 2. The Morgan fingerprint density at radius 2 is 1.86 bits per heavy atom. The average Bonchev–Trinajstić information content (AvgIpc) is 2.87. The molecule has 0 bridgehead atoms. The first kappa shape index (κ1) is 14.7. The molecule has 1 aliphatic rings. The second-order valence-corrected chi connectivity index (χ2v) is 6.63. The van der Waals surface area contributed by atoms with E-state index in [9.17, 15) is 0 Å². The van der Waals surface area contributed by atoms with Crippen molar-refractivity contribution in [3.05, 3.63) is 63.1 Å². The molecule has 1 heterocycles. The molecule has 110 valence electrons. The molecule has 0 saturated heterocycles. The summed E-state index contributed by atoms with van der Waals surface area (Å²) in [6.07, 6.45) is 1.57. The van der Waals surface area contributed by atoms with Gasteiger partial charge in [-0.2, -0.15) is 0 Å². The first-order chi connectivity index (χ1) is 9.95. The first-order valence-electron chi connectivity index (χ1n) is 6.95. The summed E-state index contributed by atoms with van der Waals surface area (Å²) in [4.78, 5) is 0. The number of ether oxygens (including phenoxy) is 1. The van der Waals surface area contributed by atoms with E-state index in [0.29, 0.717) is 18.1 Å². The number of nitrogens with two attached hydrogens (primary N) is 1. The van der Waals surface area contributed by atoms with Crippen LogP contribution in [0.1, 0.15) is 23.6 Å². The van der Waals surface area contributed by atoms with Gasteiger partial charge in [-0.25, -0.2) is 0 Å². The third-order valence-corrected chi connectivity index (χ3v) is 4.36. The Morgan fingerprint density at radius 1 is 1.14 bits per heavy atom.